The minimum atomic E-state index is -2.31. The van der Waals surface area contributed by atoms with E-state index >= 15 is 0 Å². The molecule has 0 unspecified atom stereocenters. The average Bonchev–Trinajstić information content (AvgIpc) is 2.66. The third-order valence-electron chi connectivity index (χ3n) is 2.08. The molecular formula is C11H15NO5S. The predicted octanol–water partition coefficient (Wildman–Crippen LogP) is 1.41. The molecule has 0 bridgehead atoms. The summed E-state index contributed by atoms with van der Waals surface area (Å²) in [5.74, 6) is -3.06. The smallest absolute Gasteiger partial charge is 0.348 e. The highest BCUT2D eigenvalue weighted by atomic mass is 32.1. The van der Waals surface area contributed by atoms with E-state index in [1.807, 2.05) is 0 Å². The first-order valence-corrected chi connectivity index (χ1v) is 6.16. The van der Waals surface area contributed by atoms with Crippen molar-refractivity contribution in [3.05, 3.63) is 16.6 Å². The van der Waals surface area contributed by atoms with Crippen molar-refractivity contribution < 1.29 is 24.5 Å². The molecule has 0 spiro atoms. The van der Waals surface area contributed by atoms with Gasteiger partial charge in [-0.2, -0.15) is 0 Å². The summed E-state index contributed by atoms with van der Waals surface area (Å²) in [6.45, 7) is 4.82. The zero-order valence-corrected chi connectivity index (χ0v) is 11.2. The largest absolute Gasteiger partial charge is 0.479 e. The van der Waals surface area contributed by atoms with E-state index in [2.05, 4.69) is 4.98 Å². The molecule has 0 saturated heterocycles. The lowest BCUT2D eigenvalue weighted by molar-refractivity contribution is -0.199. The fourth-order valence-corrected chi connectivity index (χ4v) is 2.03. The van der Waals surface area contributed by atoms with Crippen LogP contribution in [-0.4, -0.2) is 38.3 Å². The van der Waals surface area contributed by atoms with Gasteiger partial charge in [-0.25, -0.2) is 14.6 Å². The van der Waals surface area contributed by atoms with E-state index in [0.29, 0.717) is 5.69 Å². The lowest BCUT2D eigenvalue weighted by atomic mass is 9.96. The molecule has 0 aliphatic carbocycles. The van der Waals surface area contributed by atoms with E-state index in [9.17, 15) is 19.8 Å². The maximum absolute atomic E-state index is 11.3. The molecule has 0 aliphatic rings. The summed E-state index contributed by atoms with van der Waals surface area (Å²) in [4.78, 5) is 26.6. The van der Waals surface area contributed by atoms with Crippen LogP contribution in [0.4, 0.5) is 0 Å². The minimum absolute atomic E-state index is 0.307. The van der Waals surface area contributed by atoms with Gasteiger partial charge >= 0.3 is 11.9 Å². The fourth-order valence-electron chi connectivity index (χ4n) is 1.47. The Kier molecular flexibility index (Phi) is 4.08. The van der Waals surface area contributed by atoms with Gasteiger partial charge in [-0.3, -0.25) is 0 Å². The van der Waals surface area contributed by atoms with E-state index in [-0.39, 0.29) is 6.42 Å². The molecule has 18 heavy (non-hydrogen) atoms. The number of hydrogen-bond donors (Lipinski definition) is 2. The third-order valence-corrected chi connectivity index (χ3v) is 2.72. The van der Waals surface area contributed by atoms with Crippen LogP contribution in [0.2, 0.25) is 0 Å². The van der Waals surface area contributed by atoms with Gasteiger partial charge in [-0.1, -0.05) is 0 Å². The van der Waals surface area contributed by atoms with Crippen molar-refractivity contribution in [1.29, 1.82) is 0 Å². The molecule has 0 fully saturated rings. The first kappa shape index (κ1) is 14.6. The molecule has 0 amide bonds. The Labute approximate surface area is 108 Å². The molecule has 1 rings (SSSR count). The first-order chi connectivity index (χ1) is 8.17. The zero-order chi connectivity index (χ0) is 14.0. The summed E-state index contributed by atoms with van der Waals surface area (Å²) in [5.41, 5.74) is -1.31. The monoisotopic (exact) mass is 273 g/mol. The van der Waals surface area contributed by atoms with Crippen LogP contribution in [0, 0.1) is 0 Å². The summed E-state index contributed by atoms with van der Waals surface area (Å²) in [6, 6.07) is 0. The molecule has 7 heteroatoms. The topological polar surface area (TPSA) is 96.7 Å². The van der Waals surface area contributed by atoms with E-state index in [4.69, 9.17) is 4.74 Å². The highest BCUT2D eigenvalue weighted by molar-refractivity contribution is 7.07. The first-order valence-electron chi connectivity index (χ1n) is 5.21. The number of ether oxygens (including phenoxy) is 1. The van der Waals surface area contributed by atoms with Crippen LogP contribution in [0.5, 0.6) is 0 Å². The van der Waals surface area contributed by atoms with Crippen LogP contribution in [-0.2, 0) is 20.7 Å². The molecule has 100 valence electrons. The van der Waals surface area contributed by atoms with Crippen LogP contribution in [0.15, 0.2) is 10.9 Å². The van der Waals surface area contributed by atoms with Gasteiger partial charge in [0.1, 0.15) is 0 Å². The summed E-state index contributed by atoms with van der Waals surface area (Å²) < 4.78 is 5.29. The predicted molar refractivity (Wildman–Crippen MR) is 64.7 cm³/mol. The SMILES string of the molecule is CC(C)(C)OC(Cc1cscn1)(C(=O)O)C(=O)O. The maximum atomic E-state index is 11.3. The van der Waals surface area contributed by atoms with Crippen LogP contribution < -0.4 is 0 Å². The fraction of sp³-hybridized carbons (Fsp3) is 0.545. The van der Waals surface area contributed by atoms with Crippen molar-refractivity contribution in [3.63, 3.8) is 0 Å². The number of nitrogens with zero attached hydrogens (tertiary/aromatic N) is 1. The summed E-state index contributed by atoms with van der Waals surface area (Å²) in [7, 11) is 0. The Morgan fingerprint density at radius 1 is 1.33 bits per heavy atom. The number of hydrogen-bond acceptors (Lipinski definition) is 5. The Hall–Kier alpha value is -1.47. The Morgan fingerprint density at radius 2 is 1.89 bits per heavy atom. The van der Waals surface area contributed by atoms with Crippen molar-refractivity contribution in [1.82, 2.24) is 4.98 Å². The standard InChI is InChI=1S/C11H15NO5S/c1-10(2,3)17-11(8(13)14,9(15)16)4-7-5-18-6-12-7/h5-6H,4H2,1-3H3,(H,13,14)(H,15,16). The lowest BCUT2D eigenvalue weighted by Gasteiger charge is -2.32. The van der Waals surface area contributed by atoms with Crippen LogP contribution in [0.3, 0.4) is 0 Å². The molecule has 6 nitrogen and oxygen atoms in total. The summed E-state index contributed by atoms with van der Waals surface area (Å²) >= 11 is 1.27. The van der Waals surface area contributed by atoms with E-state index in [1.54, 1.807) is 26.2 Å². The van der Waals surface area contributed by atoms with Gasteiger partial charge in [-0.15, -0.1) is 11.3 Å². The highest BCUT2D eigenvalue weighted by Gasteiger charge is 2.51. The molecule has 0 radical (unpaired) electrons. The number of aliphatic carboxylic acids is 2. The quantitative estimate of drug-likeness (QED) is 0.787. The molecule has 0 atom stereocenters. The molecule has 1 aromatic heterocycles. The van der Waals surface area contributed by atoms with Gasteiger partial charge in [0.25, 0.3) is 5.60 Å². The van der Waals surface area contributed by atoms with Crippen LogP contribution in [0.25, 0.3) is 0 Å². The lowest BCUT2D eigenvalue weighted by Crippen LogP contribution is -2.54. The van der Waals surface area contributed by atoms with E-state index < -0.39 is 23.1 Å². The van der Waals surface area contributed by atoms with Crippen molar-refractivity contribution in [2.45, 2.75) is 38.4 Å². The second-order valence-electron chi connectivity index (χ2n) is 4.81. The van der Waals surface area contributed by atoms with Gasteiger partial charge in [0.15, 0.2) is 0 Å². The number of aromatic nitrogens is 1. The zero-order valence-electron chi connectivity index (χ0n) is 10.3. The van der Waals surface area contributed by atoms with E-state index in [0.717, 1.165) is 0 Å². The van der Waals surface area contributed by atoms with Gasteiger partial charge < -0.3 is 14.9 Å². The number of rotatable bonds is 5. The number of thiazole rings is 1. The molecule has 0 saturated carbocycles. The third kappa shape index (κ3) is 3.27. The Morgan fingerprint density at radius 3 is 2.22 bits per heavy atom. The molecule has 0 aliphatic heterocycles. The van der Waals surface area contributed by atoms with Crippen molar-refractivity contribution >= 4 is 23.3 Å². The average molecular weight is 273 g/mol. The van der Waals surface area contributed by atoms with Gasteiger partial charge in [0.05, 0.1) is 16.8 Å². The Bertz CT molecular complexity index is 421. The number of carboxylic acids is 2. The van der Waals surface area contributed by atoms with Crippen molar-refractivity contribution in [2.24, 2.45) is 0 Å². The van der Waals surface area contributed by atoms with Crippen molar-refractivity contribution in [3.8, 4) is 0 Å². The van der Waals surface area contributed by atoms with Gasteiger partial charge in [0, 0.05) is 11.8 Å². The Balaban J connectivity index is 3.14. The molecule has 2 N–H and O–H groups in total. The number of carbonyl (C=O) groups is 2. The van der Waals surface area contributed by atoms with Crippen LogP contribution >= 0.6 is 11.3 Å². The van der Waals surface area contributed by atoms with E-state index in [1.165, 1.54) is 16.8 Å². The normalized spacial score (nSPS) is 12.4. The maximum Gasteiger partial charge on any atom is 0.348 e. The summed E-state index contributed by atoms with van der Waals surface area (Å²) in [6.07, 6.45) is -0.307. The molecule has 1 aromatic rings. The van der Waals surface area contributed by atoms with Gasteiger partial charge in [0.2, 0.25) is 0 Å². The van der Waals surface area contributed by atoms with Crippen molar-refractivity contribution in [2.75, 3.05) is 0 Å². The van der Waals surface area contributed by atoms with Crippen LogP contribution in [0.1, 0.15) is 26.5 Å². The minimum Gasteiger partial charge on any atom is -0.479 e. The summed E-state index contributed by atoms with van der Waals surface area (Å²) in [5, 5.41) is 20.1. The number of carboxylic acid groups (broad SMARTS) is 2. The second-order valence-corrected chi connectivity index (χ2v) is 5.53. The highest BCUT2D eigenvalue weighted by Crippen LogP contribution is 2.25. The molecular weight excluding hydrogens is 258 g/mol. The van der Waals surface area contributed by atoms with Gasteiger partial charge in [-0.05, 0) is 20.8 Å². The second kappa shape index (κ2) is 5.03. The molecule has 0 aromatic carbocycles. The molecule has 1 heterocycles.